The molecule has 0 aliphatic heterocycles. The summed E-state index contributed by atoms with van der Waals surface area (Å²) in [5.74, 6) is -3.25. The monoisotopic (exact) mass is 510 g/mol. The molecule has 0 bridgehead atoms. The molecule has 2 saturated carbocycles. The van der Waals surface area contributed by atoms with Crippen LogP contribution in [-0.2, 0) is 0 Å². The summed E-state index contributed by atoms with van der Waals surface area (Å²) in [6, 6.07) is 0. The second-order valence-corrected chi connectivity index (χ2v) is 11.0. The van der Waals surface area contributed by atoms with Crippen molar-refractivity contribution in [3.05, 3.63) is 25.3 Å². The van der Waals surface area contributed by atoms with E-state index in [-0.39, 0.29) is 8.68 Å². The lowest BCUT2D eigenvalue weighted by molar-refractivity contribution is -0.0120. The van der Waals surface area contributed by atoms with E-state index in [1.165, 1.54) is 0 Å². The molecule has 1 aromatic rings. The van der Waals surface area contributed by atoms with Crippen LogP contribution in [0.15, 0.2) is 34.0 Å². The van der Waals surface area contributed by atoms with Crippen molar-refractivity contribution >= 4 is 34.9 Å². The highest BCUT2D eigenvalue weighted by Gasteiger charge is 2.54. The predicted octanol–water partition coefficient (Wildman–Crippen LogP) is 5.80. The highest BCUT2D eigenvalue weighted by Crippen LogP contribution is 2.46. The Morgan fingerprint density at radius 3 is 1.13 bits per heavy atom. The number of nitrogens with zero attached hydrogens (tertiary/aromatic N) is 2. The zero-order valence-corrected chi connectivity index (χ0v) is 18.1. The quantitative estimate of drug-likeness (QED) is 0.357. The summed E-state index contributed by atoms with van der Waals surface area (Å²) < 4.78 is 113. The van der Waals surface area contributed by atoms with Crippen LogP contribution in [0.2, 0.25) is 0 Å². The first-order chi connectivity index (χ1) is 14.6. The Bertz CT molecular complexity index is 692. The molecule has 1 aromatic heterocycles. The summed E-state index contributed by atoms with van der Waals surface area (Å²) in [7, 11) is 0. The van der Waals surface area contributed by atoms with Crippen molar-refractivity contribution in [1.82, 2.24) is 10.2 Å². The lowest BCUT2D eigenvalue weighted by Crippen LogP contribution is -2.53. The Morgan fingerprint density at radius 1 is 0.581 bits per heavy atom. The first-order valence-electron chi connectivity index (χ1n) is 9.16. The fraction of sp³-hybridized carbons (Fsp3) is 0.667. The maximum absolute atomic E-state index is 14.3. The third-order valence-electron chi connectivity index (χ3n) is 5.35. The molecule has 8 unspecified atom stereocenters. The van der Waals surface area contributed by atoms with Gasteiger partial charge in [-0.3, -0.25) is 0 Å². The molecule has 3 rings (SSSR count). The topological polar surface area (TPSA) is 25.8 Å². The number of halogens is 8. The Labute approximate surface area is 185 Å². The fourth-order valence-electron chi connectivity index (χ4n) is 3.58. The standard InChI is InChI=1S/C18H18F8N2S3/c1-3-5-7(19)11(23)15(12(24)8(5)20)29-17-27-28-18(31-17)30-16-13(25)9(21)6(4-2)10(22)14(16)26/h3-16H,1-2H2. The van der Waals surface area contributed by atoms with E-state index >= 15 is 0 Å². The number of alkyl halides is 8. The third kappa shape index (κ3) is 4.64. The van der Waals surface area contributed by atoms with Gasteiger partial charge in [-0.05, 0) is 0 Å². The van der Waals surface area contributed by atoms with Crippen LogP contribution in [0.5, 0.6) is 0 Å². The molecule has 1 heterocycles. The van der Waals surface area contributed by atoms with E-state index in [1.54, 1.807) is 0 Å². The van der Waals surface area contributed by atoms with E-state index < -0.39 is 71.7 Å². The van der Waals surface area contributed by atoms with Gasteiger partial charge in [0.25, 0.3) is 0 Å². The Hall–Kier alpha value is -0.820. The van der Waals surface area contributed by atoms with Gasteiger partial charge in [-0.1, -0.05) is 47.0 Å². The first kappa shape index (κ1) is 24.8. The molecule has 0 saturated heterocycles. The van der Waals surface area contributed by atoms with Gasteiger partial charge in [-0.15, -0.1) is 23.4 Å². The van der Waals surface area contributed by atoms with Crippen LogP contribution in [0, 0.1) is 11.8 Å². The van der Waals surface area contributed by atoms with Gasteiger partial charge in [0.2, 0.25) is 0 Å². The van der Waals surface area contributed by atoms with Crippen molar-refractivity contribution < 1.29 is 35.1 Å². The number of thioether (sulfide) groups is 2. The minimum atomic E-state index is -2.35. The largest absolute Gasteiger partial charge is 0.243 e. The van der Waals surface area contributed by atoms with Gasteiger partial charge in [-0.25, -0.2) is 35.1 Å². The van der Waals surface area contributed by atoms with Crippen molar-refractivity contribution in [2.45, 2.75) is 68.6 Å². The van der Waals surface area contributed by atoms with Crippen LogP contribution in [0.25, 0.3) is 0 Å². The second kappa shape index (κ2) is 9.98. The van der Waals surface area contributed by atoms with Gasteiger partial charge >= 0.3 is 0 Å². The number of hydrogen-bond donors (Lipinski definition) is 0. The van der Waals surface area contributed by atoms with E-state index in [9.17, 15) is 35.1 Å². The normalized spacial score (nSPS) is 45.9. The molecule has 2 nitrogen and oxygen atoms in total. The molecular weight excluding hydrogens is 492 g/mol. The van der Waals surface area contributed by atoms with Crippen molar-refractivity contribution in [2.75, 3.05) is 0 Å². The average Bonchev–Trinajstić information content (AvgIpc) is 3.19. The van der Waals surface area contributed by atoms with E-state index in [2.05, 4.69) is 23.4 Å². The Morgan fingerprint density at radius 2 is 0.871 bits per heavy atom. The van der Waals surface area contributed by atoms with Crippen LogP contribution in [-0.4, -0.2) is 70.1 Å². The summed E-state index contributed by atoms with van der Waals surface area (Å²) in [6.07, 6.45) is -17.0. The second-order valence-electron chi connectivity index (χ2n) is 7.18. The smallest absolute Gasteiger partial charge is 0.175 e. The minimum absolute atomic E-state index is 0.103. The lowest BCUT2D eigenvalue weighted by Gasteiger charge is -2.37. The number of rotatable bonds is 6. The fourth-order valence-corrected chi connectivity index (χ4v) is 7.34. The van der Waals surface area contributed by atoms with Gasteiger partial charge in [0.1, 0.15) is 49.4 Å². The van der Waals surface area contributed by atoms with Crippen molar-refractivity contribution in [1.29, 1.82) is 0 Å². The number of allylic oxidation sites excluding steroid dienone is 2. The van der Waals surface area contributed by atoms with E-state index in [0.29, 0.717) is 34.9 Å². The Balaban J connectivity index is 1.71. The molecule has 2 fully saturated rings. The highest BCUT2D eigenvalue weighted by atomic mass is 32.2. The molecule has 0 aromatic carbocycles. The maximum Gasteiger partial charge on any atom is 0.175 e. The van der Waals surface area contributed by atoms with Crippen LogP contribution >= 0.6 is 34.9 Å². The van der Waals surface area contributed by atoms with Crippen molar-refractivity contribution in [3.63, 3.8) is 0 Å². The van der Waals surface area contributed by atoms with E-state index in [1.807, 2.05) is 0 Å². The molecule has 0 spiro atoms. The minimum Gasteiger partial charge on any atom is -0.243 e. The molecule has 13 heteroatoms. The van der Waals surface area contributed by atoms with Gasteiger partial charge in [0.15, 0.2) is 8.68 Å². The van der Waals surface area contributed by atoms with Gasteiger partial charge in [0, 0.05) is 11.8 Å². The summed E-state index contributed by atoms with van der Waals surface area (Å²) in [6.45, 7) is 6.38. The summed E-state index contributed by atoms with van der Waals surface area (Å²) in [5.41, 5.74) is 0. The van der Waals surface area contributed by atoms with E-state index in [0.717, 1.165) is 12.2 Å². The average molecular weight is 511 g/mol. The molecule has 174 valence electrons. The van der Waals surface area contributed by atoms with Crippen molar-refractivity contribution in [2.24, 2.45) is 11.8 Å². The number of hydrogen-bond acceptors (Lipinski definition) is 5. The lowest BCUT2D eigenvalue weighted by atomic mass is 9.83. The summed E-state index contributed by atoms with van der Waals surface area (Å²) >= 11 is 1.47. The van der Waals surface area contributed by atoms with Gasteiger partial charge in [0.05, 0.1) is 10.5 Å². The molecule has 0 radical (unpaired) electrons. The predicted molar refractivity (Wildman–Crippen MR) is 106 cm³/mol. The molecule has 0 N–H and O–H groups in total. The Kier molecular flexibility index (Phi) is 7.99. The van der Waals surface area contributed by atoms with Gasteiger partial charge in [-0.2, -0.15) is 0 Å². The molecule has 31 heavy (non-hydrogen) atoms. The zero-order chi connectivity index (χ0) is 23.0. The third-order valence-corrected chi connectivity index (χ3v) is 9.09. The summed E-state index contributed by atoms with van der Waals surface area (Å²) in [4.78, 5) is 0. The van der Waals surface area contributed by atoms with Crippen LogP contribution in [0.4, 0.5) is 35.1 Å². The zero-order valence-electron chi connectivity index (χ0n) is 15.6. The SMILES string of the molecule is C=CC1C(F)C(F)C(Sc2nnc(SC3C(F)C(F)C(C=C)C(F)C3F)s2)C(F)C1F. The number of aromatic nitrogens is 2. The first-order valence-corrected chi connectivity index (χ1v) is 11.7. The van der Waals surface area contributed by atoms with Crippen LogP contribution in [0.3, 0.4) is 0 Å². The van der Waals surface area contributed by atoms with Gasteiger partial charge < -0.3 is 0 Å². The molecule has 0 amide bonds. The van der Waals surface area contributed by atoms with Crippen LogP contribution in [0.1, 0.15) is 0 Å². The molecule has 2 aliphatic carbocycles. The maximum atomic E-state index is 14.3. The van der Waals surface area contributed by atoms with Crippen molar-refractivity contribution in [3.8, 4) is 0 Å². The van der Waals surface area contributed by atoms with Crippen LogP contribution < -0.4 is 0 Å². The highest BCUT2D eigenvalue weighted by molar-refractivity contribution is 8.03. The molecule has 2 aliphatic rings. The summed E-state index contributed by atoms with van der Waals surface area (Å²) in [5, 5.41) is 3.71. The molecule has 8 atom stereocenters. The van der Waals surface area contributed by atoms with E-state index in [4.69, 9.17) is 0 Å². The molecular formula is C18H18F8N2S3.